The van der Waals surface area contributed by atoms with E-state index in [2.05, 4.69) is 5.32 Å². The number of carbonyl (C=O) groups is 2. The monoisotopic (exact) mass is 368 g/mol. The Kier molecular flexibility index (Phi) is 5.89. The van der Waals surface area contributed by atoms with Crippen LogP contribution in [0.1, 0.15) is 35.7 Å². The molecule has 0 aromatic heterocycles. The summed E-state index contributed by atoms with van der Waals surface area (Å²) in [5.41, 5.74) is 1.07. The minimum absolute atomic E-state index is 0.0487. The molecule has 2 atom stereocenters. The van der Waals surface area contributed by atoms with E-state index in [1.54, 1.807) is 17.0 Å². The molecule has 4 nitrogen and oxygen atoms in total. The van der Waals surface area contributed by atoms with Gasteiger partial charge in [0.05, 0.1) is 11.5 Å². The highest BCUT2D eigenvalue weighted by Crippen LogP contribution is 2.34. The van der Waals surface area contributed by atoms with E-state index in [0.717, 1.165) is 5.56 Å². The minimum atomic E-state index is -0.536. The second-order valence-electron chi connectivity index (χ2n) is 7.45. The second-order valence-corrected chi connectivity index (χ2v) is 7.45. The third kappa shape index (κ3) is 4.35. The normalized spacial score (nSPS) is 19.3. The van der Waals surface area contributed by atoms with Gasteiger partial charge in [0.1, 0.15) is 5.82 Å². The molecule has 2 amide bonds. The third-order valence-electron chi connectivity index (χ3n) is 4.96. The Morgan fingerprint density at radius 2 is 1.74 bits per heavy atom. The fourth-order valence-corrected chi connectivity index (χ4v) is 3.51. The van der Waals surface area contributed by atoms with Gasteiger partial charge in [0, 0.05) is 25.6 Å². The molecular formula is C22H25FN2O2. The molecule has 1 aliphatic heterocycles. The van der Waals surface area contributed by atoms with Gasteiger partial charge in [-0.3, -0.25) is 9.59 Å². The van der Waals surface area contributed by atoms with Crippen LogP contribution in [0.4, 0.5) is 4.39 Å². The van der Waals surface area contributed by atoms with Crippen LogP contribution in [0.5, 0.6) is 0 Å². The summed E-state index contributed by atoms with van der Waals surface area (Å²) in [6.07, 6.45) is 0. The van der Waals surface area contributed by atoms with Crippen molar-refractivity contribution in [1.82, 2.24) is 10.2 Å². The first-order valence-corrected chi connectivity index (χ1v) is 9.34. The van der Waals surface area contributed by atoms with Crippen molar-refractivity contribution < 1.29 is 14.0 Å². The lowest BCUT2D eigenvalue weighted by Gasteiger charge is -2.18. The molecule has 1 N–H and O–H groups in total. The van der Waals surface area contributed by atoms with Gasteiger partial charge >= 0.3 is 0 Å². The van der Waals surface area contributed by atoms with E-state index in [0.29, 0.717) is 19.0 Å². The molecule has 0 saturated carbocycles. The Morgan fingerprint density at radius 3 is 2.41 bits per heavy atom. The van der Waals surface area contributed by atoms with E-state index >= 15 is 0 Å². The number of benzene rings is 2. The first-order chi connectivity index (χ1) is 13.0. The highest BCUT2D eigenvalue weighted by atomic mass is 19.1. The molecular weight excluding hydrogens is 343 g/mol. The number of nitrogens with one attached hydrogen (secondary N) is 1. The topological polar surface area (TPSA) is 49.4 Å². The molecule has 1 fully saturated rings. The number of hydrogen-bond acceptors (Lipinski definition) is 2. The number of likely N-dealkylation sites (tertiary alicyclic amines) is 1. The Morgan fingerprint density at radius 1 is 1.07 bits per heavy atom. The van der Waals surface area contributed by atoms with Crippen molar-refractivity contribution in [1.29, 1.82) is 0 Å². The van der Waals surface area contributed by atoms with E-state index in [9.17, 15) is 14.0 Å². The smallest absolute Gasteiger partial charge is 0.256 e. The van der Waals surface area contributed by atoms with Crippen molar-refractivity contribution in [2.75, 3.05) is 19.6 Å². The minimum Gasteiger partial charge on any atom is -0.356 e. The molecule has 2 aromatic carbocycles. The maximum absolute atomic E-state index is 14.1. The number of halogens is 1. The molecule has 2 aromatic rings. The Labute approximate surface area is 159 Å². The quantitative estimate of drug-likeness (QED) is 0.879. The first kappa shape index (κ1) is 19.1. The maximum Gasteiger partial charge on any atom is 0.256 e. The van der Waals surface area contributed by atoms with Crippen LogP contribution >= 0.6 is 0 Å². The summed E-state index contributed by atoms with van der Waals surface area (Å²) in [6.45, 7) is 5.36. The van der Waals surface area contributed by atoms with Crippen LogP contribution in [-0.4, -0.2) is 36.3 Å². The lowest BCUT2D eigenvalue weighted by atomic mass is 9.88. The highest BCUT2D eigenvalue weighted by Gasteiger charge is 2.40. The fraction of sp³-hybridized carbons (Fsp3) is 0.364. The summed E-state index contributed by atoms with van der Waals surface area (Å²) in [5, 5.41) is 2.98. The molecule has 0 unspecified atom stereocenters. The average molecular weight is 368 g/mol. The van der Waals surface area contributed by atoms with Crippen LogP contribution < -0.4 is 5.32 Å². The van der Waals surface area contributed by atoms with Crippen molar-refractivity contribution in [3.63, 3.8) is 0 Å². The summed E-state index contributed by atoms with van der Waals surface area (Å²) in [4.78, 5) is 27.2. The van der Waals surface area contributed by atoms with Gasteiger partial charge in [0.25, 0.3) is 5.91 Å². The van der Waals surface area contributed by atoms with Crippen molar-refractivity contribution >= 4 is 11.8 Å². The number of carbonyl (C=O) groups excluding carboxylic acids is 2. The molecule has 1 aliphatic rings. The summed E-state index contributed by atoms with van der Waals surface area (Å²) in [7, 11) is 0. The van der Waals surface area contributed by atoms with Gasteiger partial charge in [-0.15, -0.1) is 0 Å². The van der Waals surface area contributed by atoms with Crippen molar-refractivity contribution in [3.05, 3.63) is 71.5 Å². The predicted molar refractivity (Wildman–Crippen MR) is 103 cm³/mol. The molecule has 1 saturated heterocycles. The Hall–Kier alpha value is -2.69. The van der Waals surface area contributed by atoms with Gasteiger partial charge in [-0.1, -0.05) is 56.3 Å². The summed E-state index contributed by atoms with van der Waals surface area (Å²) >= 11 is 0. The van der Waals surface area contributed by atoms with Crippen LogP contribution in [0.3, 0.4) is 0 Å². The average Bonchev–Trinajstić information content (AvgIpc) is 3.12. The van der Waals surface area contributed by atoms with E-state index in [-0.39, 0.29) is 35.8 Å². The maximum atomic E-state index is 14.1. The predicted octanol–water partition coefficient (Wildman–Crippen LogP) is 3.45. The van der Waals surface area contributed by atoms with E-state index in [4.69, 9.17) is 0 Å². The largest absolute Gasteiger partial charge is 0.356 e. The number of rotatable bonds is 5. The Balaban J connectivity index is 1.84. The van der Waals surface area contributed by atoms with Crippen LogP contribution in [0.25, 0.3) is 0 Å². The Bertz CT molecular complexity index is 807. The molecule has 0 radical (unpaired) electrons. The van der Waals surface area contributed by atoms with Crippen LogP contribution in [-0.2, 0) is 4.79 Å². The SMILES string of the molecule is CC(C)CNC(=O)[C@@H]1CN(C(=O)c2ccccc2F)C[C@@H]1c1ccccc1. The van der Waals surface area contributed by atoms with E-state index in [1.165, 1.54) is 12.1 Å². The van der Waals surface area contributed by atoms with Gasteiger partial charge in [-0.25, -0.2) is 4.39 Å². The second kappa shape index (κ2) is 8.33. The zero-order valence-electron chi connectivity index (χ0n) is 15.7. The molecule has 0 spiro atoms. The lowest BCUT2D eigenvalue weighted by molar-refractivity contribution is -0.125. The fourth-order valence-electron chi connectivity index (χ4n) is 3.51. The van der Waals surface area contributed by atoms with Crippen LogP contribution in [0.2, 0.25) is 0 Å². The highest BCUT2D eigenvalue weighted by molar-refractivity contribution is 5.95. The molecule has 142 valence electrons. The first-order valence-electron chi connectivity index (χ1n) is 9.34. The summed E-state index contributed by atoms with van der Waals surface area (Å²) in [6, 6.07) is 15.7. The van der Waals surface area contributed by atoms with Crippen LogP contribution in [0.15, 0.2) is 54.6 Å². The van der Waals surface area contributed by atoms with Crippen molar-refractivity contribution in [2.24, 2.45) is 11.8 Å². The van der Waals surface area contributed by atoms with E-state index in [1.807, 2.05) is 44.2 Å². The van der Waals surface area contributed by atoms with Gasteiger partial charge < -0.3 is 10.2 Å². The number of hydrogen-bond donors (Lipinski definition) is 1. The molecule has 5 heteroatoms. The summed E-state index contributed by atoms with van der Waals surface area (Å²) < 4.78 is 14.1. The number of amides is 2. The zero-order valence-corrected chi connectivity index (χ0v) is 15.7. The molecule has 0 aliphatic carbocycles. The lowest BCUT2D eigenvalue weighted by Crippen LogP contribution is -2.37. The molecule has 0 bridgehead atoms. The van der Waals surface area contributed by atoms with Crippen LogP contribution in [0, 0.1) is 17.7 Å². The standard InChI is InChI=1S/C22H25FN2O2/c1-15(2)12-24-21(26)19-14-25(13-18(19)16-8-4-3-5-9-16)22(27)17-10-6-7-11-20(17)23/h3-11,15,18-19H,12-14H2,1-2H3,(H,24,26)/t18-,19-/m1/s1. The number of nitrogens with zero attached hydrogens (tertiary/aromatic N) is 1. The molecule has 3 rings (SSSR count). The molecule has 27 heavy (non-hydrogen) atoms. The summed E-state index contributed by atoms with van der Waals surface area (Å²) in [5.74, 6) is -1.06. The van der Waals surface area contributed by atoms with Crippen molar-refractivity contribution in [2.45, 2.75) is 19.8 Å². The third-order valence-corrected chi connectivity index (χ3v) is 4.96. The zero-order chi connectivity index (χ0) is 19.4. The van der Waals surface area contributed by atoms with Crippen molar-refractivity contribution in [3.8, 4) is 0 Å². The van der Waals surface area contributed by atoms with Gasteiger partial charge in [0.2, 0.25) is 5.91 Å². The van der Waals surface area contributed by atoms with Gasteiger partial charge in [-0.2, -0.15) is 0 Å². The van der Waals surface area contributed by atoms with E-state index < -0.39 is 5.82 Å². The molecule has 1 heterocycles. The van der Waals surface area contributed by atoms with Gasteiger partial charge in [-0.05, 0) is 23.6 Å². The van der Waals surface area contributed by atoms with Gasteiger partial charge in [0.15, 0.2) is 0 Å².